The fourth-order valence-electron chi connectivity index (χ4n) is 11.0. The van der Waals surface area contributed by atoms with Crippen LogP contribution in [0, 0.1) is 0 Å². The number of carbonyl (C=O) groups excluding carboxylic acids is 1. The van der Waals surface area contributed by atoms with Crippen LogP contribution < -0.4 is 5.32 Å². The van der Waals surface area contributed by atoms with Crippen molar-refractivity contribution in [2.45, 2.75) is 338 Å². The molecule has 12 atom stereocenters. The highest BCUT2D eigenvalue weighted by Gasteiger charge is 2.51. The molecule has 0 aromatic rings. The van der Waals surface area contributed by atoms with Gasteiger partial charge in [-0.3, -0.25) is 4.79 Å². The molecule has 2 aliphatic heterocycles. The standard InChI is InChI=1S/C73H127NO13/c1-3-5-7-9-11-13-15-17-19-21-23-25-27-29-30-31-32-33-35-37-39-41-43-45-47-49-51-53-55-57-65(78)74-61(60-84-72-70(83)68(81)71(64(59-76)86-72)87-73-69(82)67(80)66(79)63(58-75)85-73)62(77)56-54-52-50-48-46-44-42-40-38-36-34-28-26-24-22-20-18-16-14-12-10-8-6-4-2/h5,7,11,13,17,19,23,25,29-30,32-33,46,48,54,56,61-64,66-73,75-77,79-83H,3-4,6,8-10,12,14-16,18,20-22,24,26-28,31,34-45,47,49-53,55,57-60H2,1-2H3,(H,74,78)/b7-5-,13-11-,19-17-,25-23-,30-29-,33-32-,48-46+,56-54+. The molecule has 14 heteroatoms. The number of hydrogen-bond acceptors (Lipinski definition) is 13. The minimum absolute atomic E-state index is 0.256. The van der Waals surface area contributed by atoms with Crippen LogP contribution in [0.5, 0.6) is 0 Å². The summed E-state index contributed by atoms with van der Waals surface area (Å²) in [5, 5.41) is 87.4. The van der Waals surface area contributed by atoms with E-state index in [-0.39, 0.29) is 18.9 Å². The molecule has 1 amide bonds. The minimum Gasteiger partial charge on any atom is -0.394 e. The molecule has 0 spiro atoms. The third-order valence-corrected chi connectivity index (χ3v) is 16.5. The molecule has 2 saturated heterocycles. The zero-order valence-electron chi connectivity index (χ0n) is 54.5. The highest BCUT2D eigenvalue weighted by Crippen LogP contribution is 2.30. The number of aliphatic hydroxyl groups is 8. The maximum absolute atomic E-state index is 13.3. The van der Waals surface area contributed by atoms with Gasteiger partial charge in [-0.15, -0.1) is 0 Å². The van der Waals surface area contributed by atoms with Gasteiger partial charge in [0.05, 0.1) is 32.0 Å². The van der Waals surface area contributed by atoms with Gasteiger partial charge in [0.2, 0.25) is 5.91 Å². The summed E-state index contributed by atoms with van der Waals surface area (Å²) in [6.45, 7) is 2.68. The van der Waals surface area contributed by atoms with E-state index >= 15 is 0 Å². The summed E-state index contributed by atoms with van der Waals surface area (Å²) in [5.74, 6) is -0.256. The van der Waals surface area contributed by atoms with Crippen LogP contribution in [0.1, 0.15) is 264 Å². The molecular formula is C73H127NO13. The Morgan fingerprint density at radius 3 is 1.26 bits per heavy atom. The molecule has 0 bridgehead atoms. The van der Waals surface area contributed by atoms with Gasteiger partial charge in [-0.2, -0.15) is 0 Å². The number of hydrogen-bond donors (Lipinski definition) is 9. The molecule has 9 N–H and O–H groups in total. The average molecular weight is 1230 g/mol. The van der Waals surface area contributed by atoms with Gasteiger partial charge in [-0.25, -0.2) is 0 Å². The van der Waals surface area contributed by atoms with E-state index in [2.05, 4.69) is 104 Å². The monoisotopic (exact) mass is 1230 g/mol. The number of unbranched alkanes of at least 4 members (excludes halogenated alkanes) is 29. The lowest BCUT2D eigenvalue weighted by Gasteiger charge is -2.46. The van der Waals surface area contributed by atoms with Gasteiger partial charge < -0.3 is 65.1 Å². The number of rotatable bonds is 56. The van der Waals surface area contributed by atoms with Crippen LogP contribution in [-0.2, 0) is 23.7 Å². The first-order valence-electron chi connectivity index (χ1n) is 35.0. The lowest BCUT2D eigenvalue weighted by atomic mass is 9.97. The molecule has 0 saturated carbocycles. The number of ether oxygens (including phenoxy) is 4. The van der Waals surface area contributed by atoms with Gasteiger partial charge in [0, 0.05) is 6.42 Å². The Kier molecular flexibility index (Phi) is 52.3. The van der Waals surface area contributed by atoms with E-state index in [0.29, 0.717) is 12.8 Å². The van der Waals surface area contributed by atoms with Crippen LogP contribution >= 0.6 is 0 Å². The van der Waals surface area contributed by atoms with Crippen molar-refractivity contribution in [3.63, 3.8) is 0 Å². The fourth-order valence-corrected chi connectivity index (χ4v) is 11.0. The molecule has 0 aromatic heterocycles. The van der Waals surface area contributed by atoms with Crippen molar-refractivity contribution in [3.05, 3.63) is 97.2 Å². The van der Waals surface area contributed by atoms with Crippen molar-refractivity contribution >= 4 is 5.91 Å². The highest BCUT2D eigenvalue weighted by molar-refractivity contribution is 5.76. The number of nitrogens with one attached hydrogen (secondary N) is 1. The molecule has 2 heterocycles. The fraction of sp³-hybridized carbons (Fsp3) is 0.767. The normalized spacial score (nSPS) is 23.9. The van der Waals surface area contributed by atoms with Crippen molar-refractivity contribution in [3.8, 4) is 0 Å². The van der Waals surface area contributed by atoms with E-state index < -0.39 is 86.8 Å². The summed E-state index contributed by atoms with van der Waals surface area (Å²) in [7, 11) is 0. The molecule has 2 fully saturated rings. The van der Waals surface area contributed by atoms with Gasteiger partial charge in [0.1, 0.15) is 48.8 Å². The largest absolute Gasteiger partial charge is 0.394 e. The van der Waals surface area contributed by atoms with Crippen LogP contribution in [0.15, 0.2) is 97.2 Å². The Bertz CT molecular complexity index is 1830. The number of amides is 1. The molecule has 0 aliphatic carbocycles. The summed E-state index contributed by atoms with van der Waals surface area (Å²) in [6, 6.07) is -0.942. The van der Waals surface area contributed by atoms with E-state index in [9.17, 15) is 45.6 Å². The lowest BCUT2D eigenvalue weighted by Crippen LogP contribution is -2.65. The third kappa shape index (κ3) is 41.1. The van der Waals surface area contributed by atoms with E-state index in [1.807, 2.05) is 6.08 Å². The Balaban J connectivity index is 1.71. The third-order valence-electron chi connectivity index (χ3n) is 16.5. The van der Waals surface area contributed by atoms with Crippen molar-refractivity contribution < 1.29 is 64.6 Å². The maximum atomic E-state index is 13.3. The van der Waals surface area contributed by atoms with Crippen LogP contribution in [0.25, 0.3) is 0 Å². The molecule has 0 radical (unpaired) electrons. The average Bonchev–Trinajstić information content (AvgIpc) is 1.55. The summed E-state index contributed by atoms with van der Waals surface area (Å²) in [6.07, 6.45) is 63.1. The Morgan fingerprint density at radius 2 is 0.805 bits per heavy atom. The molecule has 0 aromatic carbocycles. The van der Waals surface area contributed by atoms with Gasteiger partial charge in [-0.05, 0) is 83.5 Å². The summed E-state index contributed by atoms with van der Waals surface area (Å²) in [5.41, 5.74) is 0. The van der Waals surface area contributed by atoms with E-state index in [4.69, 9.17) is 18.9 Å². The van der Waals surface area contributed by atoms with Gasteiger partial charge >= 0.3 is 0 Å². The SMILES string of the molecule is CC/C=C\C/C=C\C/C=C\C/C=C\C/C=C\C/C=C\CCCCCCCCCCCCC(=O)NC(COC1OC(CO)C(OC2OC(CO)C(O)C(O)C2O)C(O)C1O)C(O)/C=C/CC/C=C/CCCCCCCCCCCCCCCCCCCC. The van der Waals surface area contributed by atoms with Gasteiger partial charge in [0.15, 0.2) is 12.6 Å². The van der Waals surface area contributed by atoms with Gasteiger partial charge in [0.25, 0.3) is 0 Å². The Labute approximate surface area is 528 Å². The minimum atomic E-state index is -1.80. The number of allylic oxidation sites excluding steroid dienone is 15. The molecule has 87 heavy (non-hydrogen) atoms. The molecule has 14 nitrogen and oxygen atoms in total. The van der Waals surface area contributed by atoms with E-state index in [1.165, 1.54) is 154 Å². The lowest BCUT2D eigenvalue weighted by molar-refractivity contribution is -0.359. The van der Waals surface area contributed by atoms with Crippen LogP contribution in [-0.4, -0.2) is 140 Å². The second kappa shape index (κ2) is 56.9. The Morgan fingerprint density at radius 1 is 0.425 bits per heavy atom. The molecule has 2 rings (SSSR count). The van der Waals surface area contributed by atoms with Crippen LogP contribution in [0.3, 0.4) is 0 Å². The first-order chi connectivity index (χ1) is 42.6. The van der Waals surface area contributed by atoms with E-state index in [0.717, 1.165) is 77.0 Å². The van der Waals surface area contributed by atoms with Crippen molar-refractivity contribution in [2.75, 3.05) is 19.8 Å². The molecular weight excluding hydrogens is 1100 g/mol. The maximum Gasteiger partial charge on any atom is 0.220 e. The van der Waals surface area contributed by atoms with E-state index in [1.54, 1.807) is 6.08 Å². The predicted molar refractivity (Wildman–Crippen MR) is 355 cm³/mol. The van der Waals surface area contributed by atoms with Crippen molar-refractivity contribution in [1.82, 2.24) is 5.32 Å². The first kappa shape index (κ1) is 80.0. The van der Waals surface area contributed by atoms with Crippen molar-refractivity contribution in [1.29, 1.82) is 0 Å². The van der Waals surface area contributed by atoms with Crippen LogP contribution in [0.2, 0.25) is 0 Å². The Hall–Kier alpha value is -3.09. The summed E-state index contributed by atoms with van der Waals surface area (Å²) in [4.78, 5) is 13.3. The second-order valence-electron chi connectivity index (χ2n) is 24.3. The first-order valence-corrected chi connectivity index (χ1v) is 35.0. The zero-order chi connectivity index (χ0) is 63.1. The topological polar surface area (TPSA) is 228 Å². The zero-order valence-corrected chi connectivity index (χ0v) is 54.5. The molecule has 2 aliphatic rings. The van der Waals surface area contributed by atoms with Crippen LogP contribution in [0.4, 0.5) is 0 Å². The van der Waals surface area contributed by atoms with Gasteiger partial charge in [-0.1, -0.05) is 272 Å². The quantitative estimate of drug-likeness (QED) is 0.0204. The predicted octanol–water partition coefficient (Wildman–Crippen LogP) is 14.2. The summed E-state index contributed by atoms with van der Waals surface area (Å²) >= 11 is 0. The number of aliphatic hydroxyl groups excluding tert-OH is 8. The number of carbonyl (C=O) groups is 1. The second-order valence-corrected chi connectivity index (χ2v) is 24.3. The van der Waals surface area contributed by atoms with Crippen molar-refractivity contribution in [2.24, 2.45) is 0 Å². The molecule has 502 valence electrons. The summed E-state index contributed by atoms with van der Waals surface area (Å²) < 4.78 is 22.8. The molecule has 12 unspecified atom stereocenters. The highest BCUT2D eigenvalue weighted by atomic mass is 16.7. The smallest absolute Gasteiger partial charge is 0.220 e.